The summed E-state index contributed by atoms with van der Waals surface area (Å²) in [6.07, 6.45) is 5.07. The Morgan fingerprint density at radius 2 is 1.85 bits per heavy atom. The Balaban J connectivity index is 1.81. The Morgan fingerprint density at radius 1 is 1.25 bits per heavy atom. The van der Waals surface area contributed by atoms with Crippen LogP contribution in [0.4, 0.5) is 5.69 Å². The number of carbonyl (C=O) groups excluding carboxylic acids is 1. The van der Waals surface area contributed by atoms with Crippen molar-refractivity contribution in [2.24, 2.45) is 17.7 Å². The first-order valence-corrected chi connectivity index (χ1v) is 7.54. The molecule has 0 aliphatic heterocycles. The first-order chi connectivity index (χ1) is 9.67. The molecule has 0 radical (unpaired) electrons. The summed E-state index contributed by atoms with van der Waals surface area (Å²) in [7, 11) is 0. The number of carbonyl (C=O) groups is 1. The molecule has 2 saturated carbocycles. The Hall–Kier alpha value is -1.55. The van der Waals surface area contributed by atoms with Crippen LogP contribution in [0.2, 0.25) is 0 Å². The molecule has 20 heavy (non-hydrogen) atoms. The highest BCUT2D eigenvalue weighted by atomic mass is 16.2. The van der Waals surface area contributed by atoms with Crippen LogP contribution in [-0.2, 0) is 0 Å². The first-order valence-electron chi connectivity index (χ1n) is 7.54. The van der Waals surface area contributed by atoms with Gasteiger partial charge in [-0.3, -0.25) is 10.6 Å². The number of amides is 1. The normalized spacial score (nSPS) is 17.9. The van der Waals surface area contributed by atoms with Crippen molar-refractivity contribution < 1.29 is 4.79 Å². The molecule has 3 N–H and O–H groups in total. The van der Waals surface area contributed by atoms with Gasteiger partial charge in [0.1, 0.15) is 0 Å². The molecule has 0 heterocycles. The zero-order chi connectivity index (χ0) is 14.1. The monoisotopic (exact) mass is 273 g/mol. The van der Waals surface area contributed by atoms with Gasteiger partial charge in [0.25, 0.3) is 5.91 Å². The van der Waals surface area contributed by atoms with E-state index >= 15 is 0 Å². The third kappa shape index (κ3) is 3.12. The van der Waals surface area contributed by atoms with Crippen molar-refractivity contribution >= 4 is 11.6 Å². The lowest BCUT2D eigenvalue weighted by Gasteiger charge is -2.24. The molecule has 1 amide bonds. The van der Waals surface area contributed by atoms with Gasteiger partial charge in [-0.15, -0.1) is 0 Å². The van der Waals surface area contributed by atoms with Crippen molar-refractivity contribution in [2.75, 3.05) is 18.5 Å². The highest BCUT2D eigenvalue weighted by Gasteiger charge is 2.32. The van der Waals surface area contributed by atoms with Crippen molar-refractivity contribution in [1.82, 2.24) is 4.90 Å². The number of nitrogens with one attached hydrogen (secondary N) is 1. The van der Waals surface area contributed by atoms with Crippen molar-refractivity contribution in [1.29, 1.82) is 0 Å². The summed E-state index contributed by atoms with van der Waals surface area (Å²) in [4.78, 5) is 14.9. The van der Waals surface area contributed by atoms with Gasteiger partial charge < -0.3 is 10.3 Å². The second-order valence-electron chi connectivity index (χ2n) is 6.29. The molecular formula is C16H23N3O. The van der Waals surface area contributed by atoms with Gasteiger partial charge in [0.05, 0.1) is 11.3 Å². The van der Waals surface area contributed by atoms with E-state index in [2.05, 4.69) is 5.43 Å². The van der Waals surface area contributed by atoms with Gasteiger partial charge in [-0.05, 0) is 56.6 Å². The lowest BCUT2D eigenvalue weighted by molar-refractivity contribution is 0.0740. The Morgan fingerprint density at radius 3 is 2.35 bits per heavy atom. The predicted octanol–water partition coefficient (Wildman–Crippen LogP) is 2.54. The number of anilines is 1. The van der Waals surface area contributed by atoms with Gasteiger partial charge in [0.15, 0.2) is 0 Å². The van der Waals surface area contributed by atoms with Gasteiger partial charge in [-0.1, -0.05) is 11.6 Å². The second-order valence-corrected chi connectivity index (χ2v) is 6.29. The second kappa shape index (κ2) is 5.44. The average molecular weight is 273 g/mol. The van der Waals surface area contributed by atoms with Gasteiger partial charge >= 0.3 is 0 Å². The number of nitrogens with zero attached hydrogens (tertiary/aromatic N) is 1. The molecule has 2 aliphatic carbocycles. The number of hydrogen-bond acceptors (Lipinski definition) is 3. The zero-order valence-electron chi connectivity index (χ0n) is 12.1. The van der Waals surface area contributed by atoms with E-state index in [4.69, 9.17) is 5.84 Å². The van der Waals surface area contributed by atoms with Crippen LogP contribution in [0.5, 0.6) is 0 Å². The molecule has 4 nitrogen and oxygen atoms in total. The highest BCUT2D eigenvalue weighted by Crippen LogP contribution is 2.34. The van der Waals surface area contributed by atoms with Crippen LogP contribution in [0.3, 0.4) is 0 Å². The molecule has 1 aromatic rings. The minimum Gasteiger partial charge on any atom is -0.338 e. The van der Waals surface area contributed by atoms with Crippen molar-refractivity contribution in [2.45, 2.75) is 32.6 Å². The fourth-order valence-electron chi connectivity index (χ4n) is 2.60. The summed E-state index contributed by atoms with van der Waals surface area (Å²) in [5.41, 5.74) is 5.16. The molecule has 3 rings (SSSR count). The number of hydrogen-bond donors (Lipinski definition) is 2. The summed E-state index contributed by atoms with van der Waals surface area (Å²) in [6, 6.07) is 5.79. The molecule has 2 fully saturated rings. The summed E-state index contributed by atoms with van der Waals surface area (Å²) < 4.78 is 0. The number of hydrazine groups is 1. The van der Waals surface area contributed by atoms with Gasteiger partial charge in [0.2, 0.25) is 0 Å². The fourth-order valence-corrected chi connectivity index (χ4v) is 2.60. The first kappa shape index (κ1) is 13.4. The SMILES string of the molecule is Cc1ccc(NN)c(C(=O)N(CC2CC2)CC2CC2)c1. The minimum absolute atomic E-state index is 0.125. The molecule has 4 heteroatoms. The molecule has 0 atom stereocenters. The van der Waals surface area contributed by atoms with E-state index in [0.717, 1.165) is 36.2 Å². The van der Waals surface area contributed by atoms with Crippen LogP contribution in [-0.4, -0.2) is 23.9 Å². The van der Waals surface area contributed by atoms with Crippen molar-refractivity contribution in [3.05, 3.63) is 29.3 Å². The predicted molar refractivity (Wildman–Crippen MR) is 80.3 cm³/mol. The smallest absolute Gasteiger partial charge is 0.256 e. The van der Waals surface area contributed by atoms with Crippen LogP contribution in [0, 0.1) is 18.8 Å². The molecule has 108 valence electrons. The lowest BCUT2D eigenvalue weighted by Crippen LogP contribution is -2.35. The quantitative estimate of drug-likeness (QED) is 0.618. The number of nitrogens with two attached hydrogens (primary N) is 1. The molecule has 0 aromatic heterocycles. The van der Waals surface area contributed by atoms with Crippen LogP contribution < -0.4 is 11.3 Å². The van der Waals surface area contributed by atoms with Crippen molar-refractivity contribution in [3.8, 4) is 0 Å². The molecule has 0 saturated heterocycles. The number of nitrogen functional groups attached to an aromatic ring is 1. The largest absolute Gasteiger partial charge is 0.338 e. The summed E-state index contributed by atoms with van der Waals surface area (Å²) >= 11 is 0. The maximum Gasteiger partial charge on any atom is 0.256 e. The summed E-state index contributed by atoms with van der Waals surface area (Å²) in [5, 5.41) is 0. The van der Waals surface area contributed by atoms with Crippen LogP contribution in [0.15, 0.2) is 18.2 Å². The Bertz CT molecular complexity index is 492. The van der Waals surface area contributed by atoms with Crippen molar-refractivity contribution in [3.63, 3.8) is 0 Å². The van der Waals surface area contributed by atoms with E-state index in [1.165, 1.54) is 25.7 Å². The lowest BCUT2D eigenvalue weighted by atomic mass is 10.1. The maximum absolute atomic E-state index is 12.8. The minimum atomic E-state index is 0.125. The molecular weight excluding hydrogens is 250 g/mol. The van der Waals surface area contributed by atoms with E-state index in [9.17, 15) is 4.79 Å². The molecule has 0 bridgehead atoms. The van der Waals surface area contributed by atoms with E-state index in [0.29, 0.717) is 5.56 Å². The Labute approximate surface area is 120 Å². The maximum atomic E-state index is 12.8. The third-order valence-corrected chi connectivity index (χ3v) is 4.20. The molecule has 0 unspecified atom stereocenters. The average Bonchev–Trinajstić information content (AvgIpc) is 3.32. The number of aryl methyl sites for hydroxylation is 1. The molecule has 0 spiro atoms. The third-order valence-electron chi connectivity index (χ3n) is 4.20. The van der Waals surface area contributed by atoms with E-state index in [1.807, 2.05) is 30.0 Å². The standard InChI is InChI=1S/C16H23N3O/c1-11-2-7-15(18-17)14(8-11)16(20)19(9-12-3-4-12)10-13-5-6-13/h2,7-8,12-13,18H,3-6,9-10,17H2,1H3. The molecule has 1 aromatic carbocycles. The Kier molecular flexibility index (Phi) is 3.66. The highest BCUT2D eigenvalue weighted by molar-refractivity contribution is 5.99. The fraction of sp³-hybridized carbons (Fsp3) is 0.562. The van der Waals surface area contributed by atoms with E-state index in [-0.39, 0.29) is 5.91 Å². The van der Waals surface area contributed by atoms with Gasteiger partial charge in [-0.2, -0.15) is 0 Å². The zero-order valence-corrected chi connectivity index (χ0v) is 12.1. The summed E-state index contributed by atoms with van der Waals surface area (Å²) in [5.74, 6) is 7.11. The summed E-state index contributed by atoms with van der Waals surface area (Å²) in [6.45, 7) is 3.82. The number of rotatable bonds is 6. The molecule has 2 aliphatic rings. The van der Waals surface area contributed by atoms with E-state index in [1.54, 1.807) is 0 Å². The number of benzene rings is 1. The van der Waals surface area contributed by atoms with Crippen LogP contribution in [0.1, 0.15) is 41.6 Å². The van der Waals surface area contributed by atoms with Gasteiger partial charge in [0, 0.05) is 13.1 Å². The van der Waals surface area contributed by atoms with Crippen LogP contribution in [0.25, 0.3) is 0 Å². The van der Waals surface area contributed by atoms with E-state index < -0.39 is 0 Å². The topological polar surface area (TPSA) is 58.4 Å². The van der Waals surface area contributed by atoms with Gasteiger partial charge in [-0.25, -0.2) is 0 Å². The van der Waals surface area contributed by atoms with Crippen LogP contribution >= 0.6 is 0 Å².